The minimum atomic E-state index is -0.0580. The number of rotatable bonds is 4. The quantitative estimate of drug-likeness (QED) is 0.204. The van der Waals surface area contributed by atoms with Gasteiger partial charge in [-0.2, -0.15) is 0 Å². The van der Waals surface area contributed by atoms with Crippen molar-refractivity contribution in [2.75, 3.05) is 0 Å². The third-order valence-electron chi connectivity index (χ3n) is 10.3. The Morgan fingerprint density at radius 3 is 1.23 bits per heavy atom. The van der Waals surface area contributed by atoms with E-state index in [9.17, 15) is 0 Å². The van der Waals surface area contributed by atoms with Crippen LogP contribution in [0, 0.1) is 5.41 Å². The van der Waals surface area contributed by atoms with Crippen LogP contribution in [0.4, 0.5) is 0 Å². The Balaban J connectivity index is 1.30. The molecular weight excluding hydrogens is 516 g/mol. The Morgan fingerprint density at radius 2 is 0.791 bits per heavy atom. The summed E-state index contributed by atoms with van der Waals surface area (Å²) in [4.78, 5) is 0. The van der Waals surface area contributed by atoms with Gasteiger partial charge in [0.15, 0.2) is 0 Å². The maximum absolute atomic E-state index is 2.51. The van der Waals surface area contributed by atoms with Crippen molar-refractivity contribution in [3.63, 3.8) is 0 Å². The lowest BCUT2D eigenvalue weighted by Crippen LogP contribution is -2.29. The molecular formula is C43H36. The number of benzene rings is 6. The van der Waals surface area contributed by atoms with Gasteiger partial charge in [0.1, 0.15) is 0 Å². The molecule has 2 unspecified atom stereocenters. The van der Waals surface area contributed by atoms with Gasteiger partial charge in [-0.3, -0.25) is 0 Å². The van der Waals surface area contributed by atoms with Gasteiger partial charge in [0, 0.05) is 11.8 Å². The van der Waals surface area contributed by atoms with E-state index in [2.05, 4.69) is 161 Å². The number of hydrogen-bond acceptors (Lipinski definition) is 0. The standard InChI is InChI=1S/C43H36/c1-27-39(33-23-21-29-13-5-7-15-31(29)25-33)35-17-9-11-19-37(35)41(27)43(3,4)42-28(2)40(36-18-10-12-20-38(36)42)34-24-22-30-14-6-8-16-32(30)26-34/h5-26,41-42H,1-4H3. The van der Waals surface area contributed by atoms with E-state index in [1.165, 1.54) is 77.2 Å². The summed E-state index contributed by atoms with van der Waals surface area (Å²) in [6.07, 6.45) is 0. The second kappa shape index (κ2) is 9.68. The molecule has 0 saturated carbocycles. The van der Waals surface area contributed by atoms with Crippen LogP contribution in [0.15, 0.2) is 145 Å². The highest BCUT2D eigenvalue weighted by Crippen LogP contribution is 2.62. The van der Waals surface area contributed by atoms with Crippen molar-refractivity contribution in [2.45, 2.75) is 39.5 Å². The molecule has 2 atom stereocenters. The van der Waals surface area contributed by atoms with Crippen molar-refractivity contribution in [3.8, 4) is 0 Å². The van der Waals surface area contributed by atoms with E-state index in [1.807, 2.05) is 0 Å². The minimum Gasteiger partial charge on any atom is -0.0619 e. The summed E-state index contributed by atoms with van der Waals surface area (Å²) in [5.41, 5.74) is 14.0. The second-order valence-corrected chi connectivity index (χ2v) is 13.1. The molecule has 6 aromatic rings. The number of allylic oxidation sites excluding steroid dienone is 2. The Morgan fingerprint density at radius 1 is 0.419 bits per heavy atom. The zero-order valence-electron chi connectivity index (χ0n) is 25.4. The smallest absolute Gasteiger partial charge is 0.0121 e. The van der Waals surface area contributed by atoms with Crippen LogP contribution < -0.4 is 0 Å². The van der Waals surface area contributed by atoms with Crippen LogP contribution in [-0.2, 0) is 0 Å². The van der Waals surface area contributed by atoms with Crippen molar-refractivity contribution in [1.29, 1.82) is 0 Å². The van der Waals surface area contributed by atoms with Gasteiger partial charge in [0.05, 0.1) is 0 Å². The summed E-state index contributed by atoms with van der Waals surface area (Å²) in [5.74, 6) is 0.600. The summed E-state index contributed by atoms with van der Waals surface area (Å²) in [7, 11) is 0. The van der Waals surface area contributed by atoms with E-state index < -0.39 is 0 Å². The summed E-state index contributed by atoms with van der Waals surface area (Å²) in [5, 5.41) is 5.17. The summed E-state index contributed by atoms with van der Waals surface area (Å²) in [6.45, 7) is 9.80. The first-order valence-corrected chi connectivity index (χ1v) is 15.5. The molecule has 8 rings (SSSR count). The molecule has 6 aromatic carbocycles. The molecule has 0 spiro atoms. The van der Waals surface area contributed by atoms with Crippen molar-refractivity contribution < 1.29 is 0 Å². The molecule has 0 saturated heterocycles. The maximum atomic E-state index is 2.51. The fraction of sp³-hybridized carbons (Fsp3) is 0.163. The van der Waals surface area contributed by atoms with Gasteiger partial charge in [-0.05, 0) is 97.5 Å². The number of fused-ring (bicyclic) bond motifs is 4. The Hall–Kier alpha value is -4.68. The van der Waals surface area contributed by atoms with Gasteiger partial charge in [-0.15, -0.1) is 0 Å². The molecule has 0 aliphatic heterocycles. The van der Waals surface area contributed by atoms with Gasteiger partial charge in [0.25, 0.3) is 0 Å². The van der Waals surface area contributed by atoms with Crippen LogP contribution >= 0.6 is 0 Å². The third-order valence-corrected chi connectivity index (χ3v) is 10.3. The van der Waals surface area contributed by atoms with Crippen molar-refractivity contribution >= 4 is 32.7 Å². The van der Waals surface area contributed by atoms with E-state index in [-0.39, 0.29) is 5.41 Å². The predicted octanol–water partition coefficient (Wildman–Crippen LogP) is 11.6. The van der Waals surface area contributed by atoms with Crippen molar-refractivity contribution in [3.05, 3.63) is 178 Å². The molecule has 43 heavy (non-hydrogen) atoms. The first-order chi connectivity index (χ1) is 20.9. The molecule has 208 valence electrons. The predicted molar refractivity (Wildman–Crippen MR) is 183 cm³/mol. The normalized spacial score (nSPS) is 18.0. The van der Waals surface area contributed by atoms with Gasteiger partial charge in [-0.25, -0.2) is 0 Å². The molecule has 2 aliphatic carbocycles. The van der Waals surface area contributed by atoms with Crippen molar-refractivity contribution in [1.82, 2.24) is 0 Å². The molecule has 0 nitrogen and oxygen atoms in total. The van der Waals surface area contributed by atoms with E-state index in [0.29, 0.717) is 11.8 Å². The molecule has 0 heteroatoms. The highest BCUT2D eigenvalue weighted by atomic mass is 14.5. The Bertz CT molecular complexity index is 1980. The summed E-state index contributed by atoms with van der Waals surface area (Å²) >= 11 is 0. The first kappa shape index (κ1) is 26.0. The molecule has 0 N–H and O–H groups in total. The lowest BCUT2D eigenvalue weighted by molar-refractivity contribution is 0.274. The minimum absolute atomic E-state index is 0.0580. The molecule has 0 aromatic heterocycles. The average Bonchev–Trinajstić information content (AvgIpc) is 3.51. The fourth-order valence-corrected chi connectivity index (χ4v) is 8.67. The summed E-state index contributed by atoms with van der Waals surface area (Å²) in [6, 6.07) is 49.7. The number of hydrogen-bond donors (Lipinski definition) is 0. The zero-order chi connectivity index (χ0) is 29.3. The van der Waals surface area contributed by atoms with Gasteiger partial charge in [0.2, 0.25) is 0 Å². The van der Waals surface area contributed by atoms with Crippen molar-refractivity contribution in [2.24, 2.45) is 5.41 Å². The Labute approximate surface area is 255 Å². The maximum Gasteiger partial charge on any atom is 0.0121 e. The van der Waals surface area contributed by atoms with Crippen LogP contribution in [0.1, 0.15) is 72.9 Å². The first-order valence-electron chi connectivity index (χ1n) is 15.5. The molecule has 0 radical (unpaired) electrons. The molecule has 2 aliphatic rings. The van der Waals surface area contributed by atoms with Crippen LogP contribution in [0.5, 0.6) is 0 Å². The lowest BCUT2D eigenvalue weighted by atomic mass is 9.62. The highest BCUT2D eigenvalue weighted by Gasteiger charge is 2.48. The largest absolute Gasteiger partial charge is 0.0619 e. The molecule has 0 bridgehead atoms. The topological polar surface area (TPSA) is 0 Å². The highest BCUT2D eigenvalue weighted by molar-refractivity contribution is 5.95. The van der Waals surface area contributed by atoms with Gasteiger partial charge >= 0.3 is 0 Å². The molecule has 0 amide bonds. The molecule has 0 heterocycles. The van der Waals surface area contributed by atoms with E-state index in [4.69, 9.17) is 0 Å². The Kier molecular flexibility index (Phi) is 5.85. The molecule has 0 fully saturated rings. The second-order valence-electron chi connectivity index (χ2n) is 13.1. The fourth-order valence-electron chi connectivity index (χ4n) is 8.67. The van der Waals surface area contributed by atoms with E-state index >= 15 is 0 Å². The summed E-state index contributed by atoms with van der Waals surface area (Å²) < 4.78 is 0. The average molecular weight is 553 g/mol. The van der Waals surface area contributed by atoms with Crippen LogP contribution in [-0.4, -0.2) is 0 Å². The van der Waals surface area contributed by atoms with E-state index in [1.54, 1.807) is 0 Å². The lowest BCUT2D eigenvalue weighted by Gasteiger charge is -2.41. The van der Waals surface area contributed by atoms with Crippen LogP contribution in [0.2, 0.25) is 0 Å². The SMILES string of the molecule is CC1=C(c2ccc3ccccc3c2)c2ccccc2C1C(C)(C)C1C(C)=C(c2ccc3ccccc3c2)c2ccccc21. The van der Waals surface area contributed by atoms with E-state index in [0.717, 1.165) is 0 Å². The van der Waals surface area contributed by atoms with Gasteiger partial charge in [-0.1, -0.05) is 146 Å². The van der Waals surface area contributed by atoms with Crippen LogP contribution in [0.3, 0.4) is 0 Å². The monoisotopic (exact) mass is 552 g/mol. The third kappa shape index (κ3) is 3.90. The van der Waals surface area contributed by atoms with Gasteiger partial charge < -0.3 is 0 Å². The zero-order valence-corrected chi connectivity index (χ0v) is 25.4. The van der Waals surface area contributed by atoms with Crippen LogP contribution in [0.25, 0.3) is 32.7 Å².